The van der Waals surface area contributed by atoms with Gasteiger partial charge in [-0.3, -0.25) is 0 Å². The van der Waals surface area contributed by atoms with Crippen LogP contribution in [-0.4, -0.2) is 16.3 Å². The van der Waals surface area contributed by atoms with Crippen molar-refractivity contribution in [1.29, 1.82) is 5.26 Å². The number of aromatic nitrogens is 1. The van der Waals surface area contributed by atoms with Crippen molar-refractivity contribution in [3.05, 3.63) is 36.0 Å². The Morgan fingerprint density at radius 3 is 2.57 bits per heavy atom. The van der Waals surface area contributed by atoms with Crippen LogP contribution in [0.1, 0.15) is 39.3 Å². The molecule has 0 atom stereocenters. The zero-order valence-corrected chi connectivity index (χ0v) is 12.5. The van der Waals surface area contributed by atoms with Gasteiger partial charge in [0.2, 0.25) is 0 Å². The Morgan fingerprint density at radius 2 is 2.00 bits per heavy atom. The van der Waals surface area contributed by atoms with Crippen molar-refractivity contribution in [2.24, 2.45) is 0 Å². The van der Waals surface area contributed by atoms with Gasteiger partial charge in [-0.05, 0) is 45.7 Å². The molecule has 1 fully saturated rings. The highest BCUT2D eigenvalue weighted by Crippen LogP contribution is 2.49. The summed E-state index contributed by atoms with van der Waals surface area (Å²) in [6.45, 7) is 5.52. The smallest absolute Gasteiger partial charge is 0.419 e. The Balaban J connectivity index is 2.17. The largest absolute Gasteiger partial charge is 0.443 e. The number of nitriles is 1. The van der Waals surface area contributed by atoms with Crippen molar-refractivity contribution in [3.63, 3.8) is 0 Å². The molecule has 3 rings (SSSR count). The topological polar surface area (TPSA) is 55.0 Å². The van der Waals surface area contributed by atoms with Gasteiger partial charge in [-0.25, -0.2) is 9.36 Å². The first kappa shape index (κ1) is 13.7. The Labute approximate surface area is 123 Å². The highest BCUT2D eigenvalue weighted by atomic mass is 16.6. The van der Waals surface area contributed by atoms with E-state index in [1.807, 2.05) is 51.1 Å². The van der Waals surface area contributed by atoms with Crippen LogP contribution in [0.25, 0.3) is 10.9 Å². The Bertz CT molecular complexity index is 755. The zero-order chi connectivity index (χ0) is 15.3. The molecule has 21 heavy (non-hydrogen) atoms. The van der Waals surface area contributed by atoms with Crippen LogP contribution >= 0.6 is 0 Å². The summed E-state index contributed by atoms with van der Waals surface area (Å²) in [5.74, 6) is 0. The second kappa shape index (κ2) is 4.36. The van der Waals surface area contributed by atoms with Crippen LogP contribution in [0.3, 0.4) is 0 Å². The Hall–Kier alpha value is -2.28. The van der Waals surface area contributed by atoms with Crippen LogP contribution in [0.2, 0.25) is 0 Å². The molecule has 1 heterocycles. The van der Waals surface area contributed by atoms with Crippen molar-refractivity contribution >= 4 is 17.0 Å². The number of rotatable bonds is 1. The minimum Gasteiger partial charge on any atom is -0.443 e. The van der Waals surface area contributed by atoms with E-state index in [1.54, 1.807) is 4.57 Å². The maximum atomic E-state index is 12.6. The van der Waals surface area contributed by atoms with Crippen LogP contribution < -0.4 is 0 Å². The summed E-state index contributed by atoms with van der Waals surface area (Å²) < 4.78 is 7.08. The third-order valence-electron chi connectivity index (χ3n) is 3.74. The molecule has 1 saturated carbocycles. The molecule has 0 aliphatic heterocycles. The molecule has 1 aliphatic carbocycles. The normalized spacial score (nSPS) is 16.5. The van der Waals surface area contributed by atoms with E-state index in [0.29, 0.717) is 0 Å². The fourth-order valence-electron chi connectivity index (χ4n) is 2.56. The molecule has 0 amide bonds. The monoisotopic (exact) mass is 282 g/mol. The maximum absolute atomic E-state index is 12.6. The van der Waals surface area contributed by atoms with Gasteiger partial charge in [0, 0.05) is 5.39 Å². The van der Waals surface area contributed by atoms with Gasteiger partial charge >= 0.3 is 6.09 Å². The van der Waals surface area contributed by atoms with Gasteiger partial charge in [0.25, 0.3) is 0 Å². The molecule has 2 aromatic rings. The lowest BCUT2D eigenvalue weighted by molar-refractivity contribution is 0.0539. The van der Waals surface area contributed by atoms with Crippen LogP contribution in [0.5, 0.6) is 0 Å². The van der Waals surface area contributed by atoms with Crippen molar-refractivity contribution < 1.29 is 9.53 Å². The standard InChI is InChI=1S/C17H18N2O2/c1-16(2,3)21-15(20)19-13-7-5-4-6-12(13)10-14(19)17(11-18)8-9-17/h4-7,10H,8-9H2,1-3H3. The van der Waals surface area contributed by atoms with Crippen molar-refractivity contribution in [2.75, 3.05) is 0 Å². The second-order valence-corrected chi connectivity index (χ2v) is 6.60. The molecule has 0 N–H and O–H groups in total. The zero-order valence-electron chi connectivity index (χ0n) is 12.5. The Morgan fingerprint density at radius 1 is 1.33 bits per heavy atom. The number of nitrogens with zero attached hydrogens (tertiary/aromatic N) is 2. The summed E-state index contributed by atoms with van der Waals surface area (Å²) >= 11 is 0. The fraction of sp³-hybridized carbons (Fsp3) is 0.412. The molecular formula is C17H18N2O2. The molecule has 0 bridgehead atoms. The van der Waals surface area contributed by atoms with Crippen molar-refractivity contribution in [2.45, 2.75) is 44.6 Å². The third-order valence-corrected chi connectivity index (χ3v) is 3.74. The lowest BCUT2D eigenvalue weighted by Crippen LogP contribution is -2.29. The highest BCUT2D eigenvalue weighted by molar-refractivity contribution is 5.91. The van der Waals surface area contributed by atoms with Crippen LogP contribution in [0.15, 0.2) is 30.3 Å². The molecule has 4 heteroatoms. The summed E-state index contributed by atoms with van der Waals surface area (Å²) in [7, 11) is 0. The van der Waals surface area contributed by atoms with Crippen LogP contribution in [-0.2, 0) is 10.2 Å². The number of para-hydroxylation sites is 1. The molecule has 0 saturated heterocycles. The molecule has 0 radical (unpaired) electrons. The average molecular weight is 282 g/mol. The molecule has 1 aromatic heterocycles. The van der Waals surface area contributed by atoms with Crippen LogP contribution in [0.4, 0.5) is 4.79 Å². The van der Waals surface area contributed by atoms with E-state index in [9.17, 15) is 10.1 Å². The van der Waals surface area contributed by atoms with E-state index in [1.165, 1.54) is 0 Å². The van der Waals surface area contributed by atoms with E-state index in [4.69, 9.17) is 4.74 Å². The Kier molecular flexibility index (Phi) is 2.84. The molecule has 108 valence electrons. The van der Waals surface area contributed by atoms with Gasteiger partial charge in [-0.1, -0.05) is 18.2 Å². The summed E-state index contributed by atoms with van der Waals surface area (Å²) in [5, 5.41) is 10.4. The van der Waals surface area contributed by atoms with Gasteiger partial charge in [0.15, 0.2) is 0 Å². The minimum absolute atomic E-state index is 0.416. The van der Waals surface area contributed by atoms with E-state index < -0.39 is 17.1 Å². The molecule has 4 nitrogen and oxygen atoms in total. The van der Waals surface area contributed by atoms with Crippen molar-refractivity contribution in [1.82, 2.24) is 4.57 Å². The van der Waals surface area contributed by atoms with Crippen LogP contribution in [0, 0.1) is 11.3 Å². The summed E-state index contributed by atoms with van der Waals surface area (Å²) in [6.07, 6.45) is 1.17. The van der Waals surface area contributed by atoms with E-state index >= 15 is 0 Å². The van der Waals surface area contributed by atoms with E-state index in [-0.39, 0.29) is 0 Å². The number of hydrogen-bond donors (Lipinski definition) is 0. The molecule has 0 spiro atoms. The number of hydrogen-bond acceptors (Lipinski definition) is 3. The first-order valence-electron chi connectivity index (χ1n) is 7.12. The van der Waals surface area contributed by atoms with E-state index in [2.05, 4.69) is 6.07 Å². The maximum Gasteiger partial charge on any atom is 0.419 e. The van der Waals surface area contributed by atoms with Gasteiger partial charge < -0.3 is 4.74 Å². The van der Waals surface area contributed by atoms with Gasteiger partial charge in [0.05, 0.1) is 22.7 Å². The summed E-state index contributed by atoms with van der Waals surface area (Å²) in [4.78, 5) is 12.6. The number of ether oxygens (including phenoxy) is 1. The third kappa shape index (κ3) is 2.29. The predicted octanol–water partition coefficient (Wildman–Crippen LogP) is 3.98. The summed E-state index contributed by atoms with van der Waals surface area (Å²) in [5.41, 5.74) is 0.447. The first-order valence-corrected chi connectivity index (χ1v) is 7.12. The summed E-state index contributed by atoms with van der Waals surface area (Å²) in [6, 6.07) is 12.0. The molecule has 1 aromatic carbocycles. The SMILES string of the molecule is CC(C)(C)OC(=O)n1c(C2(C#N)CC2)cc2ccccc21. The quantitative estimate of drug-likeness (QED) is 0.795. The number of fused-ring (bicyclic) bond motifs is 1. The van der Waals surface area contributed by atoms with Crippen molar-refractivity contribution in [3.8, 4) is 6.07 Å². The average Bonchev–Trinajstić information content (AvgIpc) is 3.10. The molecule has 1 aliphatic rings. The first-order chi connectivity index (χ1) is 9.86. The number of carbonyl (C=O) groups is 1. The van der Waals surface area contributed by atoms with E-state index in [0.717, 1.165) is 29.4 Å². The van der Waals surface area contributed by atoms with Gasteiger partial charge in [-0.15, -0.1) is 0 Å². The molecular weight excluding hydrogens is 264 g/mol. The lowest BCUT2D eigenvalue weighted by Gasteiger charge is -2.21. The number of benzene rings is 1. The fourth-order valence-corrected chi connectivity index (χ4v) is 2.56. The van der Waals surface area contributed by atoms with Gasteiger partial charge in [-0.2, -0.15) is 5.26 Å². The number of carbonyl (C=O) groups excluding carboxylic acids is 1. The van der Waals surface area contributed by atoms with Gasteiger partial charge in [0.1, 0.15) is 5.60 Å². The molecule has 0 unspecified atom stereocenters. The second-order valence-electron chi connectivity index (χ2n) is 6.60. The highest BCUT2D eigenvalue weighted by Gasteiger charge is 2.48. The minimum atomic E-state index is -0.566. The predicted molar refractivity (Wildman–Crippen MR) is 80.1 cm³/mol. The lowest BCUT2D eigenvalue weighted by atomic mass is 10.0.